The number of aryl methyl sites for hydroxylation is 1. The van der Waals surface area contributed by atoms with Gasteiger partial charge in [-0.1, -0.05) is 33.6 Å². The maximum absolute atomic E-state index is 12.1. The van der Waals surface area contributed by atoms with Crippen LogP contribution >= 0.6 is 0 Å². The van der Waals surface area contributed by atoms with Crippen molar-refractivity contribution in [3.05, 3.63) is 18.0 Å². The Kier molecular flexibility index (Phi) is 3.66. The molecule has 0 N–H and O–H groups in total. The SMILES string of the molecule is CCCCC(C)(C)C(=O)c1cnn(C)c1. The maximum atomic E-state index is 12.1. The van der Waals surface area contributed by atoms with E-state index in [-0.39, 0.29) is 11.2 Å². The summed E-state index contributed by atoms with van der Waals surface area (Å²) in [6.07, 6.45) is 6.60. The first-order valence-corrected chi connectivity index (χ1v) is 5.51. The first kappa shape index (κ1) is 12.0. The first-order chi connectivity index (χ1) is 6.97. The molecule has 0 fully saturated rings. The van der Waals surface area contributed by atoms with Crippen molar-refractivity contribution < 1.29 is 4.79 Å². The molecule has 0 aliphatic rings. The Morgan fingerprint density at radius 1 is 1.53 bits per heavy atom. The molecule has 0 aliphatic carbocycles. The summed E-state index contributed by atoms with van der Waals surface area (Å²) in [5, 5.41) is 4.03. The molecule has 1 heterocycles. The van der Waals surface area contributed by atoms with Crippen LogP contribution in [-0.4, -0.2) is 15.6 Å². The highest BCUT2D eigenvalue weighted by molar-refractivity contribution is 5.99. The summed E-state index contributed by atoms with van der Waals surface area (Å²) in [7, 11) is 1.83. The van der Waals surface area contributed by atoms with Gasteiger partial charge in [0.05, 0.1) is 11.8 Å². The second-order valence-corrected chi connectivity index (χ2v) is 4.72. The van der Waals surface area contributed by atoms with Crippen LogP contribution in [0.4, 0.5) is 0 Å². The molecule has 1 aromatic heterocycles. The third-order valence-corrected chi connectivity index (χ3v) is 2.74. The van der Waals surface area contributed by atoms with E-state index in [0.29, 0.717) is 0 Å². The van der Waals surface area contributed by atoms with Crippen molar-refractivity contribution in [2.24, 2.45) is 12.5 Å². The molecular formula is C12H20N2O. The van der Waals surface area contributed by atoms with E-state index in [4.69, 9.17) is 0 Å². The molecule has 0 radical (unpaired) electrons. The van der Waals surface area contributed by atoms with Gasteiger partial charge in [0.1, 0.15) is 0 Å². The molecule has 3 heteroatoms. The van der Waals surface area contributed by atoms with Crippen molar-refractivity contribution in [2.45, 2.75) is 40.0 Å². The number of carbonyl (C=O) groups is 1. The molecular weight excluding hydrogens is 188 g/mol. The van der Waals surface area contributed by atoms with Crippen molar-refractivity contribution in [3.8, 4) is 0 Å². The Bertz CT molecular complexity index is 339. The number of aromatic nitrogens is 2. The van der Waals surface area contributed by atoms with Gasteiger partial charge in [-0.2, -0.15) is 5.10 Å². The molecule has 84 valence electrons. The second-order valence-electron chi connectivity index (χ2n) is 4.72. The smallest absolute Gasteiger partial charge is 0.171 e. The molecule has 0 unspecified atom stereocenters. The van der Waals surface area contributed by atoms with Crippen LogP contribution in [0, 0.1) is 5.41 Å². The zero-order valence-electron chi connectivity index (χ0n) is 10.1. The van der Waals surface area contributed by atoms with Gasteiger partial charge in [-0.15, -0.1) is 0 Å². The fourth-order valence-corrected chi connectivity index (χ4v) is 1.66. The summed E-state index contributed by atoms with van der Waals surface area (Å²) < 4.78 is 1.67. The van der Waals surface area contributed by atoms with E-state index in [1.54, 1.807) is 17.1 Å². The largest absolute Gasteiger partial charge is 0.293 e. The number of nitrogens with zero attached hydrogens (tertiary/aromatic N) is 2. The quantitative estimate of drug-likeness (QED) is 0.697. The Morgan fingerprint density at radius 3 is 2.67 bits per heavy atom. The van der Waals surface area contributed by atoms with Crippen LogP contribution in [0.3, 0.4) is 0 Å². The monoisotopic (exact) mass is 208 g/mol. The van der Waals surface area contributed by atoms with Crippen molar-refractivity contribution in [2.75, 3.05) is 0 Å². The van der Waals surface area contributed by atoms with Gasteiger partial charge in [0.25, 0.3) is 0 Å². The van der Waals surface area contributed by atoms with Crippen molar-refractivity contribution in [1.29, 1.82) is 0 Å². The van der Waals surface area contributed by atoms with Crippen molar-refractivity contribution in [3.63, 3.8) is 0 Å². The highest BCUT2D eigenvalue weighted by atomic mass is 16.1. The lowest BCUT2D eigenvalue weighted by atomic mass is 9.81. The predicted molar refractivity (Wildman–Crippen MR) is 60.8 cm³/mol. The molecule has 0 spiro atoms. The highest BCUT2D eigenvalue weighted by Crippen LogP contribution is 2.27. The topological polar surface area (TPSA) is 34.9 Å². The van der Waals surface area contributed by atoms with Gasteiger partial charge in [0, 0.05) is 18.7 Å². The third-order valence-electron chi connectivity index (χ3n) is 2.74. The second kappa shape index (κ2) is 4.60. The lowest BCUT2D eigenvalue weighted by Gasteiger charge is -2.21. The van der Waals surface area contributed by atoms with Gasteiger partial charge in [-0.25, -0.2) is 0 Å². The molecule has 15 heavy (non-hydrogen) atoms. The van der Waals surface area contributed by atoms with Crippen molar-refractivity contribution in [1.82, 2.24) is 9.78 Å². The van der Waals surface area contributed by atoms with E-state index in [0.717, 1.165) is 24.8 Å². The molecule has 0 saturated heterocycles. The average molecular weight is 208 g/mol. The minimum atomic E-state index is -0.265. The molecule has 0 atom stereocenters. The van der Waals surface area contributed by atoms with E-state index >= 15 is 0 Å². The number of hydrogen-bond donors (Lipinski definition) is 0. The van der Waals surface area contributed by atoms with Crippen LogP contribution in [0.1, 0.15) is 50.4 Å². The fourth-order valence-electron chi connectivity index (χ4n) is 1.66. The van der Waals surface area contributed by atoms with Gasteiger partial charge in [0.15, 0.2) is 5.78 Å². The summed E-state index contributed by atoms with van der Waals surface area (Å²) in [6, 6.07) is 0. The molecule has 0 amide bonds. The molecule has 3 nitrogen and oxygen atoms in total. The fraction of sp³-hybridized carbons (Fsp3) is 0.667. The van der Waals surface area contributed by atoms with E-state index in [1.807, 2.05) is 20.9 Å². The van der Waals surface area contributed by atoms with Crippen LogP contribution in [0.25, 0.3) is 0 Å². The summed E-state index contributed by atoms with van der Waals surface area (Å²) >= 11 is 0. The Balaban J connectivity index is 2.74. The molecule has 0 saturated carbocycles. The van der Waals surface area contributed by atoms with Crippen LogP contribution in [0.5, 0.6) is 0 Å². The third kappa shape index (κ3) is 2.91. The van der Waals surface area contributed by atoms with E-state index < -0.39 is 0 Å². The minimum absolute atomic E-state index is 0.198. The Hall–Kier alpha value is -1.12. The van der Waals surface area contributed by atoms with E-state index in [1.165, 1.54) is 0 Å². The predicted octanol–water partition coefficient (Wildman–Crippen LogP) is 2.82. The summed E-state index contributed by atoms with van der Waals surface area (Å²) in [5.41, 5.74) is 0.456. The number of ketones is 1. The Morgan fingerprint density at radius 2 is 2.20 bits per heavy atom. The zero-order chi connectivity index (χ0) is 11.5. The van der Waals surface area contributed by atoms with E-state index in [9.17, 15) is 4.79 Å². The van der Waals surface area contributed by atoms with Crippen LogP contribution in [0.15, 0.2) is 12.4 Å². The van der Waals surface area contributed by atoms with Gasteiger partial charge < -0.3 is 0 Å². The van der Waals surface area contributed by atoms with Crippen LogP contribution < -0.4 is 0 Å². The number of Topliss-reactive ketones (excluding diaryl/α,β-unsaturated/α-hetero) is 1. The first-order valence-electron chi connectivity index (χ1n) is 5.51. The lowest BCUT2D eigenvalue weighted by molar-refractivity contribution is 0.0823. The summed E-state index contributed by atoms with van der Waals surface area (Å²) in [5.74, 6) is 0.198. The lowest BCUT2D eigenvalue weighted by Crippen LogP contribution is -2.23. The standard InChI is InChI=1S/C12H20N2O/c1-5-6-7-12(2,3)11(15)10-8-13-14(4)9-10/h8-9H,5-7H2,1-4H3. The highest BCUT2D eigenvalue weighted by Gasteiger charge is 2.28. The normalized spacial score (nSPS) is 11.7. The van der Waals surface area contributed by atoms with Crippen LogP contribution in [0.2, 0.25) is 0 Å². The van der Waals surface area contributed by atoms with E-state index in [2.05, 4.69) is 12.0 Å². The number of unbranched alkanes of at least 4 members (excludes halogenated alkanes) is 1. The molecule has 1 rings (SSSR count). The maximum Gasteiger partial charge on any atom is 0.171 e. The molecule has 0 aromatic carbocycles. The number of carbonyl (C=O) groups excluding carboxylic acids is 1. The summed E-state index contributed by atoms with van der Waals surface area (Å²) in [4.78, 5) is 12.1. The van der Waals surface area contributed by atoms with Gasteiger partial charge >= 0.3 is 0 Å². The average Bonchev–Trinajstić information content (AvgIpc) is 2.60. The van der Waals surface area contributed by atoms with Gasteiger partial charge in [0.2, 0.25) is 0 Å². The minimum Gasteiger partial charge on any atom is -0.293 e. The molecule has 0 bridgehead atoms. The zero-order valence-corrected chi connectivity index (χ0v) is 10.1. The Labute approximate surface area is 91.5 Å². The van der Waals surface area contributed by atoms with Crippen LogP contribution in [-0.2, 0) is 7.05 Å². The molecule has 0 aliphatic heterocycles. The number of rotatable bonds is 5. The summed E-state index contributed by atoms with van der Waals surface area (Å²) in [6.45, 7) is 6.17. The van der Waals surface area contributed by atoms with Gasteiger partial charge in [-0.3, -0.25) is 9.48 Å². The van der Waals surface area contributed by atoms with Crippen molar-refractivity contribution >= 4 is 5.78 Å². The number of hydrogen-bond acceptors (Lipinski definition) is 2. The molecule has 1 aromatic rings. The van der Waals surface area contributed by atoms with Gasteiger partial charge in [-0.05, 0) is 6.42 Å².